The lowest BCUT2D eigenvalue weighted by Crippen LogP contribution is -2.21. The van der Waals surface area contributed by atoms with Crippen LogP contribution in [0.4, 0.5) is 10.1 Å². The summed E-state index contributed by atoms with van der Waals surface area (Å²) in [6, 6.07) is 5.22. The van der Waals surface area contributed by atoms with Crippen molar-refractivity contribution < 1.29 is 9.13 Å². The highest BCUT2D eigenvalue weighted by Crippen LogP contribution is 2.26. The number of rotatable bonds is 5. The van der Waals surface area contributed by atoms with Crippen molar-refractivity contribution in [1.82, 2.24) is 0 Å². The fourth-order valence-electron chi connectivity index (χ4n) is 2.57. The van der Waals surface area contributed by atoms with Gasteiger partial charge in [-0.2, -0.15) is 0 Å². The number of halogens is 1. The Morgan fingerprint density at radius 1 is 1.44 bits per heavy atom. The van der Waals surface area contributed by atoms with E-state index in [1.54, 1.807) is 19.2 Å². The lowest BCUT2D eigenvalue weighted by molar-refractivity contribution is 0.161. The van der Waals surface area contributed by atoms with E-state index < -0.39 is 0 Å². The third kappa shape index (κ3) is 3.21. The Labute approximate surface area is 108 Å². The predicted molar refractivity (Wildman–Crippen MR) is 71.4 cm³/mol. The number of ether oxygens (including phenoxy) is 1. The molecule has 2 N–H and O–H groups in total. The van der Waals surface area contributed by atoms with Gasteiger partial charge in [-0.15, -0.1) is 0 Å². The van der Waals surface area contributed by atoms with Crippen LogP contribution in [0.3, 0.4) is 0 Å². The van der Waals surface area contributed by atoms with Crippen molar-refractivity contribution in [1.29, 1.82) is 0 Å². The van der Waals surface area contributed by atoms with Crippen molar-refractivity contribution in [2.75, 3.05) is 38.3 Å². The third-order valence-corrected chi connectivity index (χ3v) is 3.43. The zero-order valence-corrected chi connectivity index (χ0v) is 10.9. The molecule has 1 fully saturated rings. The van der Waals surface area contributed by atoms with Gasteiger partial charge in [-0.05, 0) is 43.1 Å². The number of methoxy groups -OCH3 is 1. The van der Waals surface area contributed by atoms with Crippen molar-refractivity contribution in [3.05, 3.63) is 29.6 Å². The quantitative estimate of drug-likeness (QED) is 0.868. The fraction of sp³-hybridized carbons (Fsp3) is 0.571. The molecule has 1 atom stereocenters. The van der Waals surface area contributed by atoms with Crippen LogP contribution >= 0.6 is 0 Å². The summed E-state index contributed by atoms with van der Waals surface area (Å²) in [6.07, 6.45) is 1.83. The Morgan fingerprint density at radius 2 is 2.28 bits per heavy atom. The van der Waals surface area contributed by atoms with E-state index in [-0.39, 0.29) is 5.82 Å². The molecule has 1 aliphatic rings. The second-order valence-corrected chi connectivity index (χ2v) is 4.91. The molecule has 1 aliphatic heterocycles. The Bertz CT molecular complexity index is 397. The van der Waals surface area contributed by atoms with Gasteiger partial charge in [-0.3, -0.25) is 0 Å². The van der Waals surface area contributed by atoms with Gasteiger partial charge >= 0.3 is 0 Å². The van der Waals surface area contributed by atoms with Crippen molar-refractivity contribution >= 4 is 5.69 Å². The summed E-state index contributed by atoms with van der Waals surface area (Å²) in [5.41, 5.74) is 7.47. The second kappa shape index (κ2) is 6.16. The molecular formula is C14H21FN2O. The Kier molecular flexibility index (Phi) is 4.55. The van der Waals surface area contributed by atoms with E-state index in [4.69, 9.17) is 10.5 Å². The number of hydrogen-bond acceptors (Lipinski definition) is 3. The molecule has 1 aromatic rings. The highest BCUT2D eigenvalue weighted by Gasteiger charge is 2.23. The molecule has 0 spiro atoms. The van der Waals surface area contributed by atoms with E-state index >= 15 is 0 Å². The van der Waals surface area contributed by atoms with Gasteiger partial charge in [0, 0.05) is 31.8 Å². The molecule has 0 aliphatic carbocycles. The first-order valence-corrected chi connectivity index (χ1v) is 6.46. The number of hydrogen-bond donors (Lipinski definition) is 1. The molecule has 0 radical (unpaired) electrons. The van der Waals surface area contributed by atoms with Crippen LogP contribution in [0.1, 0.15) is 12.0 Å². The molecule has 1 aromatic carbocycles. The summed E-state index contributed by atoms with van der Waals surface area (Å²) in [6.45, 7) is 3.25. The topological polar surface area (TPSA) is 38.5 Å². The molecule has 1 saturated heterocycles. The van der Waals surface area contributed by atoms with Gasteiger partial charge in [0.1, 0.15) is 5.82 Å². The maximum Gasteiger partial charge on any atom is 0.125 e. The molecule has 0 amide bonds. The van der Waals surface area contributed by atoms with E-state index in [0.29, 0.717) is 12.5 Å². The van der Waals surface area contributed by atoms with Crippen molar-refractivity contribution in [2.24, 2.45) is 11.7 Å². The normalized spacial score (nSPS) is 19.5. The molecule has 4 heteroatoms. The van der Waals surface area contributed by atoms with E-state index in [2.05, 4.69) is 4.90 Å². The molecule has 0 aromatic heterocycles. The van der Waals surface area contributed by atoms with Crippen LogP contribution in [-0.4, -0.2) is 33.4 Å². The highest BCUT2D eigenvalue weighted by molar-refractivity contribution is 5.50. The Balaban J connectivity index is 2.08. The van der Waals surface area contributed by atoms with Crippen LogP contribution in [0.15, 0.2) is 18.2 Å². The fourth-order valence-corrected chi connectivity index (χ4v) is 2.57. The van der Waals surface area contributed by atoms with E-state index in [1.165, 1.54) is 0 Å². The van der Waals surface area contributed by atoms with Crippen LogP contribution in [-0.2, 0) is 11.2 Å². The zero-order valence-electron chi connectivity index (χ0n) is 10.9. The number of anilines is 1. The van der Waals surface area contributed by atoms with E-state index in [1.807, 2.05) is 6.07 Å². The minimum Gasteiger partial charge on any atom is -0.384 e. The first-order chi connectivity index (χ1) is 8.72. The van der Waals surface area contributed by atoms with Crippen LogP contribution in [0.25, 0.3) is 0 Å². The lowest BCUT2D eigenvalue weighted by atomic mass is 10.1. The van der Waals surface area contributed by atoms with Gasteiger partial charge in [-0.25, -0.2) is 4.39 Å². The molecule has 3 nitrogen and oxygen atoms in total. The van der Waals surface area contributed by atoms with Crippen molar-refractivity contribution in [3.8, 4) is 0 Å². The smallest absolute Gasteiger partial charge is 0.125 e. The summed E-state index contributed by atoms with van der Waals surface area (Å²) in [5.74, 6) is 0.377. The number of nitrogens with two attached hydrogens (primary N) is 1. The molecule has 0 bridgehead atoms. The summed E-state index contributed by atoms with van der Waals surface area (Å²) in [7, 11) is 1.73. The maximum atomic E-state index is 13.6. The number of nitrogens with zero attached hydrogens (tertiary/aromatic N) is 1. The summed E-state index contributed by atoms with van der Waals surface area (Å²) in [4.78, 5) is 2.23. The van der Waals surface area contributed by atoms with Gasteiger partial charge in [0.15, 0.2) is 0 Å². The van der Waals surface area contributed by atoms with Crippen LogP contribution in [0.2, 0.25) is 0 Å². The lowest BCUT2D eigenvalue weighted by Gasteiger charge is -2.19. The molecule has 1 unspecified atom stereocenters. The predicted octanol–water partition coefficient (Wildman–Crippen LogP) is 1.80. The van der Waals surface area contributed by atoms with Gasteiger partial charge in [0.05, 0.1) is 6.61 Å². The largest absolute Gasteiger partial charge is 0.384 e. The number of benzene rings is 1. The molecule has 18 heavy (non-hydrogen) atoms. The first kappa shape index (κ1) is 13.3. The molecule has 2 rings (SSSR count). The molecule has 0 saturated carbocycles. The first-order valence-electron chi connectivity index (χ1n) is 6.46. The van der Waals surface area contributed by atoms with Crippen LogP contribution < -0.4 is 10.6 Å². The van der Waals surface area contributed by atoms with Crippen molar-refractivity contribution in [3.63, 3.8) is 0 Å². The minimum atomic E-state index is -0.175. The van der Waals surface area contributed by atoms with Crippen LogP contribution in [0.5, 0.6) is 0 Å². The minimum absolute atomic E-state index is 0.175. The van der Waals surface area contributed by atoms with E-state index in [9.17, 15) is 4.39 Å². The van der Waals surface area contributed by atoms with Gasteiger partial charge < -0.3 is 15.4 Å². The zero-order chi connectivity index (χ0) is 13.0. The van der Waals surface area contributed by atoms with Crippen LogP contribution in [0, 0.1) is 11.7 Å². The SMILES string of the molecule is COCC1CCN(c2cc(F)cc(CCN)c2)C1. The average Bonchev–Trinajstić information content (AvgIpc) is 2.78. The monoisotopic (exact) mass is 252 g/mol. The van der Waals surface area contributed by atoms with Gasteiger partial charge in [-0.1, -0.05) is 0 Å². The Hall–Kier alpha value is -1.13. The van der Waals surface area contributed by atoms with Gasteiger partial charge in [0.2, 0.25) is 0 Å². The summed E-state index contributed by atoms with van der Waals surface area (Å²) < 4.78 is 18.7. The average molecular weight is 252 g/mol. The molecule has 1 heterocycles. The summed E-state index contributed by atoms with van der Waals surface area (Å²) in [5, 5.41) is 0. The summed E-state index contributed by atoms with van der Waals surface area (Å²) >= 11 is 0. The molecular weight excluding hydrogens is 231 g/mol. The van der Waals surface area contributed by atoms with E-state index in [0.717, 1.165) is 43.8 Å². The van der Waals surface area contributed by atoms with Gasteiger partial charge in [0.25, 0.3) is 0 Å². The maximum absolute atomic E-state index is 13.6. The Morgan fingerprint density at radius 3 is 3.00 bits per heavy atom. The standard InChI is InChI=1S/C14H21FN2O/c1-18-10-12-3-5-17(9-12)14-7-11(2-4-16)6-13(15)8-14/h6-8,12H,2-5,9-10,16H2,1H3. The second-order valence-electron chi connectivity index (χ2n) is 4.91. The third-order valence-electron chi connectivity index (χ3n) is 3.43. The molecule has 100 valence electrons. The highest BCUT2D eigenvalue weighted by atomic mass is 19.1. The van der Waals surface area contributed by atoms with Crippen molar-refractivity contribution in [2.45, 2.75) is 12.8 Å².